The van der Waals surface area contributed by atoms with Gasteiger partial charge in [0.2, 0.25) is 0 Å². The van der Waals surface area contributed by atoms with Crippen molar-refractivity contribution in [1.82, 2.24) is 25.0 Å². The van der Waals surface area contributed by atoms with Crippen LogP contribution in [0.3, 0.4) is 0 Å². The third-order valence-corrected chi connectivity index (χ3v) is 4.62. The van der Waals surface area contributed by atoms with E-state index >= 15 is 0 Å². The highest BCUT2D eigenvalue weighted by Crippen LogP contribution is 2.34. The molecule has 0 aliphatic rings. The Labute approximate surface area is 153 Å². The summed E-state index contributed by atoms with van der Waals surface area (Å²) in [4.78, 5) is 0. The van der Waals surface area contributed by atoms with E-state index in [1.807, 2.05) is 61.5 Å². The van der Waals surface area contributed by atoms with Gasteiger partial charge >= 0.3 is 0 Å². The van der Waals surface area contributed by atoms with Crippen LogP contribution in [-0.4, -0.2) is 30.1 Å². The lowest BCUT2D eigenvalue weighted by atomic mass is 10.1. The normalized spacial score (nSPS) is 11.5. The van der Waals surface area contributed by atoms with Gasteiger partial charge < -0.3 is 9.63 Å². The highest BCUT2D eigenvalue weighted by molar-refractivity contribution is 5.95. The van der Waals surface area contributed by atoms with E-state index < -0.39 is 0 Å². The molecule has 3 heterocycles. The molecule has 0 saturated carbocycles. The number of fused-ring (bicyclic) bond motifs is 3. The predicted molar refractivity (Wildman–Crippen MR) is 99.9 cm³/mol. The first-order valence-electron chi connectivity index (χ1n) is 8.54. The zero-order chi connectivity index (χ0) is 18.4. The number of hydrogen-bond donors (Lipinski definition) is 1. The SMILES string of the molecule is Cc1onc(-c2ccccc2)c1-c1nnc2c3ccccc3c(CO)nn12. The Kier molecular flexibility index (Phi) is 3.48. The molecule has 0 spiro atoms. The van der Waals surface area contributed by atoms with Crippen LogP contribution in [0.5, 0.6) is 0 Å². The summed E-state index contributed by atoms with van der Waals surface area (Å²) in [6.07, 6.45) is 0. The average molecular weight is 357 g/mol. The molecule has 0 atom stereocenters. The van der Waals surface area contributed by atoms with Crippen molar-refractivity contribution in [3.05, 3.63) is 66.1 Å². The molecule has 3 aromatic heterocycles. The van der Waals surface area contributed by atoms with Gasteiger partial charge in [0, 0.05) is 16.3 Å². The molecule has 0 saturated heterocycles. The maximum atomic E-state index is 9.79. The fourth-order valence-electron chi connectivity index (χ4n) is 3.35. The minimum absolute atomic E-state index is 0.178. The van der Waals surface area contributed by atoms with Crippen molar-refractivity contribution in [3.63, 3.8) is 0 Å². The lowest BCUT2D eigenvalue weighted by molar-refractivity contribution is 0.277. The van der Waals surface area contributed by atoms with Gasteiger partial charge in [0.15, 0.2) is 11.5 Å². The number of rotatable bonds is 3. The smallest absolute Gasteiger partial charge is 0.191 e. The first kappa shape index (κ1) is 15.7. The number of benzene rings is 2. The van der Waals surface area contributed by atoms with Crippen LogP contribution in [-0.2, 0) is 6.61 Å². The maximum absolute atomic E-state index is 9.79. The summed E-state index contributed by atoms with van der Waals surface area (Å²) in [7, 11) is 0. The highest BCUT2D eigenvalue weighted by atomic mass is 16.5. The molecule has 0 aliphatic heterocycles. The van der Waals surface area contributed by atoms with Gasteiger partial charge in [-0.1, -0.05) is 59.8 Å². The van der Waals surface area contributed by atoms with E-state index in [1.54, 1.807) is 4.52 Å². The minimum Gasteiger partial charge on any atom is -0.390 e. The molecule has 132 valence electrons. The zero-order valence-electron chi connectivity index (χ0n) is 14.5. The van der Waals surface area contributed by atoms with Crippen LogP contribution in [0.25, 0.3) is 39.1 Å². The molecule has 0 aliphatic carbocycles. The summed E-state index contributed by atoms with van der Waals surface area (Å²) >= 11 is 0. The van der Waals surface area contributed by atoms with Crippen LogP contribution in [0.1, 0.15) is 11.5 Å². The van der Waals surface area contributed by atoms with Crippen LogP contribution in [0.15, 0.2) is 59.1 Å². The fraction of sp³-hybridized carbons (Fsp3) is 0.100. The summed E-state index contributed by atoms with van der Waals surface area (Å²) in [6.45, 7) is 1.66. The van der Waals surface area contributed by atoms with Crippen LogP contribution in [0.2, 0.25) is 0 Å². The molecular formula is C20H15N5O2. The van der Waals surface area contributed by atoms with Gasteiger partial charge in [-0.25, -0.2) is 0 Å². The Bertz CT molecular complexity index is 1270. The third-order valence-electron chi connectivity index (χ3n) is 4.62. The molecule has 0 amide bonds. The van der Waals surface area contributed by atoms with Crippen molar-refractivity contribution in [1.29, 1.82) is 0 Å². The average Bonchev–Trinajstić information content (AvgIpc) is 3.31. The zero-order valence-corrected chi connectivity index (χ0v) is 14.5. The van der Waals surface area contributed by atoms with Gasteiger partial charge in [0.05, 0.1) is 17.9 Å². The molecule has 0 radical (unpaired) electrons. The molecule has 1 N–H and O–H groups in total. The topological polar surface area (TPSA) is 89.3 Å². The molecule has 0 bridgehead atoms. The van der Waals surface area contributed by atoms with Crippen molar-refractivity contribution >= 4 is 16.4 Å². The number of hydrogen-bond acceptors (Lipinski definition) is 6. The van der Waals surface area contributed by atoms with Crippen LogP contribution in [0, 0.1) is 6.92 Å². The molecule has 27 heavy (non-hydrogen) atoms. The van der Waals surface area contributed by atoms with E-state index in [2.05, 4.69) is 20.5 Å². The monoisotopic (exact) mass is 357 g/mol. The quantitative estimate of drug-likeness (QED) is 0.532. The number of aliphatic hydroxyl groups is 1. The summed E-state index contributed by atoms with van der Waals surface area (Å²) in [5.41, 5.74) is 3.53. The largest absolute Gasteiger partial charge is 0.390 e. The van der Waals surface area contributed by atoms with E-state index in [1.165, 1.54) is 0 Å². The summed E-state index contributed by atoms with van der Waals surface area (Å²) in [5.74, 6) is 1.16. The molecule has 0 fully saturated rings. The summed E-state index contributed by atoms with van der Waals surface area (Å²) in [6, 6.07) is 17.5. The van der Waals surface area contributed by atoms with Gasteiger partial charge in [-0.15, -0.1) is 10.2 Å². The van der Waals surface area contributed by atoms with Crippen molar-refractivity contribution < 1.29 is 9.63 Å². The Hall–Kier alpha value is -3.58. The van der Waals surface area contributed by atoms with Gasteiger partial charge in [-0.2, -0.15) is 9.61 Å². The first-order valence-corrected chi connectivity index (χ1v) is 8.54. The second kappa shape index (κ2) is 6.00. The maximum Gasteiger partial charge on any atom is 0.191 e. The molecule has 5 rings (SSSR count). The molecule has 0 unspecified atom stereocenters. The molecule has 7 nitrogen and oxygen atoms in total. The van der Waals surface area contributed by atoms with Crippen molar-refractivity contribution in [2.45, 2.75) is 13.5 Å². The van der Waals surface area contributed by atoms with Crippen LogP contribution < -0.4 is 0 Å². The second-order valence-electron chi connectivity index (χ2n) is 6.24. The third kappa shape index (κ3) is 2.32. The first-order chi connectivity index (χ1) is 13.3. The summed E-state index contributed by atoms with van der Waals surface area (Å²) < 4.78 is 7.11. The van der Waals surface area contributed by atoms with E-state index in [9.17, 15) is 5.11 Å². The number of aliphatic hydroxyl groups excluding tert-OH is 1. The second-order valence-corrected chi connectivity index (χ2v) is 6.24. The highest BCUT2D eigenvalue weighted by Gasteiger charge is 2.23. The Balaban J connectivity index is 1.83. The number of nitrogens with zero attached hydrogens (tertiary/aromatic N) is 5. The van der Waals surface area contributed by atoms with Gasteiger partial charge in [-0.05, 0) is 6.92 Å². The van der Waals surface area contributed by atoms with E-state index in [0.29, 0.717) is 28.6 Å². The fourth-order valence-corrected chi connectivity index (χ4v) is 3.35. The molecule has 7 heteroatoms. The Morgan fingerprint density at radius 3 is 2.48 bits per heavy atom. The molecule has 2 aromatic carbocycles. The van der Waals surface area contributed by atoms with E-state index in [0.717, 1.165) is 21.9 Å². The standard InChI is InChI=1S/C20H15N5O2/c1-12-17(18(24-27-12)13-7-3-2-4-8-13)20-22-21-19-15-10-6-5-9-14(15)16(11-26)23-25(19)20/h2-10,26H,11H2,1H3. The molecular weight excluding hydrogens is 342 g/mol. The van der Waals surface area contributed by atoms with Crippen molar-refractivity contribution in [3.8, 4) is 22.6 Å². The number of aromatic nitrogens is 5. The lowest BCUT2D eigenvalue weighted by Crippen LogP contribution is -2.02. The molecule has 5 aromatic rings. The van der Waals surface area contributed by atoms with Gasteiger partial charge in [0.25, 0.3) is 0 Å². The van der Waals surface area contributed by atoms with Crippen LogP contribution in [0.4, 0.5) is 0 Å². The van der Waals surface area contributed by atoms with Gasteiger partial charge in [0.1, 0.15) is 11.5 Å². The van der Waals surface area contributed by atoms with E-state index in [4.69, 9.17) is 4.52 Å². The summed E-state index contributed by atoms with van der Waals surface area (Å²) in [5, 5.41) is 29.1. The Morgan fingerprint density at radius 1 is 0.963 bits per heavy atom. The van der Waals surface area contributed by atoms with E-state index in [-0.39, 0.29) is 6.61 Å². The predicted octanol–water partition coefficient (Wildman–Crippen LogP) is 3.40. The Morgan fingerprint density at radius 2 is 1.70 bits per heavy atom. The van der Waals surface area contributed by atoms with Crippen molar-refractivity contribution in [2.75, 3.05) is 0 Å². The van der Waals surface area contributed by atoms with Crippen LogP contribution >= 0.6 is 0 Å². The minimum atomic E-state index is -0.178. The number of aryl methyl sites for hydroxylation is 1. The van der Waals surface area contributed by atoms with Gasteiger partial charge in [-0.3, -0.25) is 0 Å². The lowest BCUT2D eigenvalue weighted by Gasteiger charge is -2.06. The van der Waals surface area contributed by atoms with Crippen molar-refractivity contribution in [2.24, 2.45) is 0 Å².